The number of benzene rings is 2. The fraction of sp³-hybridized carbons (Fsp3) is 0.250. The van der Waals surface area contributed by atoms with Crippen LogP contribution in [0.25, 0.3) is 0 Å². The maximum Gasteiger partial charge on any atom is 0.123 e. The molecule has 2 rings (SSSR count). The van der Waals surface area contributed by atoms with Crippen LogP contribution in [-0.4, -0.2) is 7.05 Å². The van der Waals surface area contributed by atoms with E-state index in [0.29, 0.717) is 5.02 Å². The monoisotopic (exact) mass is 277 g/mol. The van der Waals surface area contributed by atoms with Crippen LogP contribution in [-0.2, 0) is 6.42 Å². The van der Waals surface area contributed by atoms with Crippen LogP contribution in [0.4, 0.5) is 4.39 Å². The van der Waals surface area contributed by atoms with Crippen LogP contribution in [0, 0.1) is 12.7 Å². The highest BCUT2D eigenvalue weighted by atomic mass is 35.5. The van der Waals surface area contributed by atoms with Gasteiger partial charge in [0.25, 0.3) is 0 Å². The Hall–Kier alpha value is -1.38. The predicted molar refractivity (Wildman–Crippen MR) is 78.1 cm³/mol. The second kappa shape index (κ2) is 6.18. The molecular formula is C16H17ClFN. The maximum atomic E-state index is 13.3. The Morgan fingerprint density at radius 2 is 2.00 bits per heavy atom. The number of aryl methyl sites for hydroxylation is 1. The summed E-state index contributed by atoms with van der Waals surface area (Å²) in [5.74, 6) is -0.193. The van der Waals surface area contributed by atoms with E-state index < -0.39 is 0 Å². The lowest BCUT2D eigenvalue weighted by atomic mass is 9.96. The predicted octanol–water partition coefficient (Wildman–Crippen LogP) is 4.29. The van der Waals surface area contributed by atoms with Crippen molar-refractivity contribution in [2.75, 3.05) is 7.05 Å². The number of likely N-dealkylation sites (N-methyl/N-ethyl adjacent to an activating group) is 1. The molecule has 2 aromatic rings. The van der Waals surface area contributed by atoms with Crippen molar-refractivity contribution in [2.45, 2.75) is 19.4 Å². The van der Waals surface area contributed by atoms with Crippen LogP contribution < -0.4 is 5.32 Å². The van der Waals surface area contributed by atoms with Crippen molar-refractivity contribution >= 4 is 11.6 Å². The van der Waals surface area contributed by atoms with Gasteiger partial charge in [-0.25, -0.2) is 4.39 Å². The van der Waals surface area contributed by atoms with Gasteiger partial charge >= 0.3 is 0 Å². The van der Waals surface area contributed by atoms with Crippen LogP contribution in [0.2, 0.25) is 5.02 Å². The second-order valence-electron chi connectivity index (χ2n) is 4.67. The third kappa shape index (κ3) is 3.55. The zero-order valence-corrected chi connectivity index (χ0v) is 11.8. The number of rotatable bonds is 4. The molecule has 0 bridgehead atoms. The minimum absolute atomic E-state index is 0.124. The van der Waals surface area contributed by atoms with E-state index in [9.17, 15) is 4.39 Å². The summed E-state index contributed by atoms with van der Waals surface area (Å²) >= 11 is 6.02. The van der Waals surface area contributed by atoms with Crippen molar-refractivity contribution in [3.8, 4) is 0 Å². The molecule has 19 heavy (non-hydrogen) atoms. The van der Waals surface area contributed by atoms with Gasteiger partial charge in [-0.15, -0.1) is 0 Å². The highest BCUT2D eigenvalue weighted by Gasteiger charge is 2.12. The Morgan fingerprint density at radius 1 is 1.21 bits per heavy atom. The molecule has 0 radical (unpaired) electrons. The van der Waals surface area contributed by atoms with Crippen LogP contribution in [0.3, 0.4) is 0 Å². The van der Waals surface area contributed by atoms with Gasteiger partial charge in [0, 0.05) is 11.1 Å². The lowest BCUT2D eigenvalue weighted by Crippen LogP contribution is -2.19. The first-order valence-corrected chi connectivity index (χ1v) is 6.65. The van der Waals surface area contributed by atoms with Crippen molar-refractivity contribution in [3.63, 3.8) is 0 Å². The molecule has 1 N–H and O–H groups in total. The van der Waals surface area contributed by atoms with Gasteiger partial charge in [-0.2, -0.15) is 0 Å². The second-order valence-corrected chi connectivity index (χ2v) is 5.11. The van der Waals surface area contributed by atoms with Gasteiger partial charge < -0.3 is 5.32 Å². The molecule has 0 fully saturated rings. The molecule has 1 atom stereocenters. The minimum atomic E-state index is -0.193. The van der Waals surface area contributed by atoms with Gasteiger partial charge in [0.2, 0.25) is 0 Å². The Morgan fingerprint density at radius 3 is 2.68 bits per heavy atom. The smallest absolute Gasteiger partial charge is 0.123 e. The lowest BCUT2D eigenvalue weighted by molar-refractivity contribution is 0.582. The molecule has 0 aliphatic carbocycles. The molecule has 3 heteroatoms. The van der Waals surface area contributed by atoms with E-state index in [2.05, 4.69) is 5.32 Å². The maximum absolute atomic E-state index is 13.3. The fourth-order valence-electron chi connectivity index (χ4n) is 2.19. The third-order valence-corrected chi connectivity index (χ3v) is 3.57. The van der Waals surface area contributed by atoms with Crippen LogP contribution in [0.1, 0.15) is 22.7 Å². The molecule has 0 amide bonds. The van der Waals surface area contributed by atoms with E-state index in [1.54, 1.807) is 6.07 Å². The Labute approximate surface area is 118 Å². The summed E-state index contributed by atoms with van der Waals surface area (Å²) in [7, 11) is 1.90. The van der Waals surface area contributed by atoms with E-state index >= 15 is 0 Å². The van der Waals surface area contributed by atoms with E-state index in [0.717, 1.165) is 23.1 Å². The molecule has 0 spiro atoms. The van der Waals surface area contributed by atoms with Gasteiger partial charge in [-0.05, 0) is 61.3 Å². The lowest BCUT2D eigenvalue weighted by Gasteiger charge is -2.18. The van der Waals surface area contributed by atoms with Crippen molar-refractivity contribution in [1.82, 2.24) is 5.32 Å². The molecular weight excluding hydrogens is 261 g/mol. The number of hydrogen-bond donors (Lipinski definition) is 1. The summed E-state index contributed by atoms with van der Waals surface area (Å²) in [4.78, 5) is 0. The zero-order chi connectivity index (χ0) is 13.8. The summed E-state index contributed by atoms with van der Waals surface area (Å²) in [6, 6.07) is 12.8. The number of hydrogen-bond acceptors (Lipinski definition) is 1. The average molecular weight is 278 g/mol. The normalized spacial score (nSPS) is 12.4. The SMILES string of the molecule is CNC(Cc1cc(F)ccc1C)c1cccc(Cl)c1. The van der Waals surface area contributed by atoms with Crippen molar-refractivity contribution in [2.24, 2.45) is 0 Å². The summed E-state index contributed by atoms with van der Waals surface area (Å²) in [6.07, 6.45) is 0.737. The zero-order valence-electron chi connectivity index (χ0n) is 11.1. The Bertz CT molecular complexity index is 568. The van der Waals surface area contributed by atoms with Crippen molar-refractivity contribution in [1.29, 1.82) is 0 Å². The fourth-order valence-corrected chi connectivity index (χ4v) is 2.39. The summed E-state index contributed by atoms with van der Waals surface area (Å²) in [6.45, 7) is 2.00. The first-order valence-electron chi connectivity index (χ1n) is 6.28. The molecule has 0 aliphatic heterocycles. The number of nitrogens with one attached hydrogen (secondary N) is 1. The van der Waals surface area contributed by atoms with Gasteiger partial charge in [-0.3, -0.25) is 0 Å². The van der Waals surface area contributed by atoms with E-state index in [-0.39, 0.29) is 11.9 Å². The quantitative estimate of drug-likeness (QED) is 0.879. The van der Waals surface area contributed by atoms with Crippen LogP contribution in [0.15, 0.2) is 42.5 Å². The summed E-state index contributed by atoms with van der Waals surface area (Å²) < 4.78 is 13.3. The topological polar surface area (TPSA) is 12.0 Å². The molecule has 0 heterocycles. The van der Waals surface area contributed by atoms with Gasteiger partial charge in [0.15, 0.2) is 0 Å². The van der Waals surface area contributed by atoms with Gasteiger partial charge in [0.1, 0.15) is 5.82 Å². The Balaban J connectivity index is 2.26. The Kier molecular flexibility index (Phi) is 4.56. The highest BCUT2D eigenvalue weighted by molar-refractivity contribution is 6.30. The van der Waals surface area contributed by atoms with E-state index in [1.807, 2.05) is 44.3 Å². The largest absolute Gasteiger partial charge is 0.313 e. The molecule has 0 saturated carbocycles. The first kappa shape index (κ1) is 14.0. The van der Waals surface area contributed by atoms with Crippen LogP contribution >= 0.6 is 11.6 Å². The summed E-state index contributed by atoms with van der Waals surface area (Å²) in [5.41, 5.74) is 3.22. The molecule has 100 valence electrons. The molecule has 0 saturated heterocycles. The highest BCUT2D eigenvalue weighted by Crippen LogP contribution is 2.23. The van der Waals surface area contributed by atoms with Crippen molar-refractivity contribution in [3.05, 3.63) is 70.0 Å². The number of halogens is 2. The molecule has 1 unspecified atom stereocenters. The standard InChI is InChI=1S/C16H17ClFN/c1-11-6-7-15(18)9-13(11)10-16(19-2)12-4-3-5-14(17)8-12/h3-9,16,19H,10H2,1-2H3. The third-order valence-electron chi connectivity index (χ3n) is 3.33. The molecule has 0 aromatic heterocycles. The average Bonchev–Trinajstić information content (AvgIpc) is 2.39. The van der Waals surface area contributed by atoms with Crippen LogP contribution in [0.5, 0.6) is 0 Å². The van der Waals surface area contributed by atoms with E-state index in [4.69, 9.17) is 11.6 Å². The molecule has 1 nitrogen and oxygen atoms in total. The summed E-state index contributed by atoms with van der Waals surface area (Å²) in [5, 5.41) is 3.98. The molecule has 2 aromatic carbocycles. The van der Waals surface area contributed by atoms with E-state index in [1.165, 1.54) is 6.07 Å². The minimum Gasteiger partial charge on any atom is -0.313 e. The van der Waals surface area contributed by atoms with Gasteiger partial charge in [-0.1, -0.05) is 29.8 Å². The van der Waals surface area contributed by atoms with Crippen molar-refractivity contribution < 1.29 is 4.39 Å². The molecule has 0 aliphatic rings. The van der Waals surface area contributed by atoms with Gasteiger partial charge in [0.05, 0.1) is 0 Å². The first-order chi connectivity index (χ1) is 9.10.